The predicted molar refractivity (Wildman–Crippen MR) is 64.4 cm³/mol. The lowest BCUT2D eigenvalue weighted by atomic mass is 10.4. The minimum atomic E-state index is -1.10. The summed E-state index contributed by atoms with van der Waals surface area (Å²) < 4.78 is 0. The standard InChI is InChI=1S/C10H19N3O6/c11-8(15)5-13(7-10(18)19)2-1-12(3-4-14)6-9(16)17/h14H,1-7H2,(H2,11,15)(H,16,17)(H,18,19). The zero-order chi connectivity index (χ0) is 14.8. The van der Waals surface area contributed by atoms with Crippen LogP contribution >= 0.6 is 0 Å². The number of hydrogen-bond acceptors (Lipinski definition) is 6. The normalized spacial score (nSPS) is 10.9. The number of hydrogen-bond donors (Lipinski definition) is 4. The minimum Gasteiger partial charge on any atom is -0.480 e. The topological polar surface area (TPSA) is 144 Å². The number of carbonyl (C=O) groups excluding carboxylic acids is 1. The maximum Gasteiger partial charge on any atom is 0.317 e. The molecule has 0 aliphatic heterocycles. The quantitative estimate of drug-likeness (QED) is 0.318. The predicted octanol–water partition coefficient (Wildman–Crippen LogP) is -2.76. The lowest BCUT2D eigenvalue weighted by molar-refractivity contribution is -0.140. The van der Waals surface area contributed by atoms with E-state index < -0.39 is 17.8 Å². The van der Waals surface area contributed by atoms with Crippen LogP contribution in [0.1, 0.15) is 0 Å². The molecule has 19 heavy (non-hydrogen) atoms. The van der Waals surface area contributed by atoms with Gasteiger partial charge >= 0.3 is 11.9 Å². The van der Waals surface area contributed by atoms with Gasteiger partial charge in [0.1, 0.15) is 0 Å². The highest BCUT2D eigenvalue weighted by Gasteiger charge is 2.15. The smallest absolute Gasteiger partial charge is 0.317 e. The minimum absolute atomic E-state index is 0.157. The maximum atomic E-state index is 10.8. The summed E-state index contributed by atoms with van der Waals surface area (Å²) in [5.74, 6) is -2.81. The Morgan fingerprint density at radius 1 is 0.842 bits per heavy atom. The molecule has 110 valence electrons. The molecule has 0 aliphatic carbocycles. The van der Waals surface area contributed by atoms with Gasteiger partial charge in [-0.25, -0.2) is 0 Å². The number of aliphatic hydroxyl groups excluding tert-OH is 1. The first kappa shape index (κ1) is 17.3. The van der Waals surface area contributed by atoms with Crippen molar-refractivity contribution in [1.82, 2.24) is 9.80 Å². The number of aliphatic hydroxyl groups is 1. The van der Waals surface area contributed by atoms with Crippen LogP contribution in [0, 0.1) is 0 Å². The van der Waals surface area contributed by atoms with Crippen molar-refractivity contribution in [2.75, 3.05) is 45.9 Å². The SMILES string of the molecule is NC(=O)CN(CCN(CCO)CC(=O)O)CC(=O)O. The first-order valence-electron chi connectivity index (χ1n) is 5.62. The van der Waals surface area contributed by atoms with Crippen LogP contribution in [0.4, 0.5) is 0 Å². The van der Waals surface area contributed by atoms with Crippen molar-refractivity contribution in [1.29, 1.82) is 0 Å². The Morgan fingerprint density at radius 3 is 1.74 bits per heavy atom. The molecule has 9 heteroatoms. The molecule has 0 aliphatic rings. The summed E-state index contributed by atoms with van der Waals surface area (Å²) in [7, 11) is 0. The van der Waals surface area contributed by atoms with Gasteiger partial charge in [0.05, 0.1) is 26.2 Å². The number of nitrogens with zero attached hydrogens (tertiary/aromatic N) is 2. The Labute approximate surface area is 110 Å². The summed E-state index contributed by atoms with van der Waals surface area (Å²) in [6, 6.07) is 0. The molecule has 0 radical (unpaired) electrons. The Hall–Kier alpha value is -1.71. The van der Waals surface area contributed by atoms with Crippen LogP contribution in [0.2, 0.25) is 0 Å². The molecule has 0 aromatic heterocycles. The van der Waals surface area contributed by atoms with Crippen LogP contribution in [0.25, 0.3) is 0 Å². The van der Waals surface area contributed by atoms with E-state index in [1.165, 1.54) is 9.80 Å². The first-order chi connectivity index (χ1) is 8.85. The molecule has 9 nitrogen and oxygen atoms in total. The lowest BCUT2D eigenvalue weighted by Crippen LogP contribution is -2.43. The van der Waals surface area contributed by atoms with Crippen molar-refractivity contribution in [3.05, 3.63) is 0 Å². The molecule has 0 heterocycles. The third-order valence-electron chi connectivity index (χ3n) is 2.25. The lowest BCUT2D eigenvalue weighted by Gasteiger charge is -2.24. The first-order valence-corrected chi connectivity index (χ1v) is 5.62. The van der Waals surface area contributed by atoms with Crippen LogP contribution in [-0.4, -0.2) is 88.8 Å². The number of carboxylic acids is 2. The number of nitrogens with two attached hydrogens (primary N) is 1. The number of carbonyl (C=O) groups is 3. The highest BCUT2D eigenvalue weighted by Crippen LogP contribution is 1.93. The van der Waals surface area contributed by atoms with Crippen molar-refractivity contribution < 1.29 is 29.7 Å². The van der Waals surface area contributed by atoms with E-state index in [0.29, 0.717) is 0 Å². The summed E-state index contributed by atoms with van der Waals surface area (Å²) in [5.41, 5.74) is 4.99. The average molecular weight is 277 g/mol. The molecular weight excluding hydrogens is 258 g/mol. The van der Waals surface area contributed by atoms with Crippen LogP contribution in [-0.2, 0) is 14.4 Å². The second-order valence-electron chi connectivity index (χ2n) is 3.96. The zero-order valence-corrected chi connectivity index (χ0v) is 10.5. The van der Waals surface area contributed by atoms with E-state index in [9.17, 15) is 14.4 Å². The fourth-order valence-electron chi connectivity index (χ4n) is 1.51. The second kappa shape index (κ2) is 9.25. The molecule has 5 N–H and O–H groups in total. The highest BCUT2D eigenvalue weighted by atomic mass is 16.4. The summed E-state index contributed by atoms with van der Waals surface area (Å²) in [5, 5.41) is 26.1. The van der Waals surface area contributed by atoms with Gasteiger partial charge in [0.15, 0.2) is 0 Å². The number of carboxylic acid groups (broad SMARTS) is 2. The molecule has 0 unspecified atom stereocenters. The van der Waals surface area contributed by atoms with Gasteiger partial charge < -0.3 is 21.1 Å². The van der Waals surface area contributed by atoms with Gasteiger partial charge in [-0.3, -0.25) is 24.2 Å². The van der Waals surface area contributed by atoms with Crippen molar-refractivity contribution >= 4 is 17.8 Å². The molecule has 0 saturated carbocycles. The third kappa shape index (κ3) is 9.94. The number of amides is 1. The summed E-state index contributed by atoms with van der Waals surface area (Å²) in [6.07, 6.45) is 0. The molecule has 0 spiro atoms. The van der Waals surface area contributed by atoms with Gasteiger partial charge in [-0.2, -0.15) is 0 Å². The summed E-state index contributed by atoms with van der Waals surface area (Å²) >= 11 is 0. The van der Waals surface area contributed by atoms with Crippen molar-refractivity contribution in [2.24, 2.45) is 5.73 Å². The molecule has 0 aromatic carbocycles. The largest absolute Gasteiger partial charge is 0.480 e. The summed E-state index contributed by atoms with van der Waals surface area (Å²) in [4.78, 5) is 34.7. The van der Waals surface area contributed by atoms with E-state index in [1.54, 1.807) is 0 Å². The fourth-order valence-corrected chi connectivity index (χ4v) is 1.51. The summed E-state index contributed by atoms with van der Waals surface area (Å²) in [6.45, 7) is -0.505. The van der Waals surface area contributed by atoms with E-state index in [1.807, 2.05) is 0 Å². The molecule has 0 aromatic rings. The third-order valence-corrected chi connectivity index (χ3v) is 2.25. The van der Waals surface area contributed by atoms with E-state index in [-0.39, 0.29) is 45.9 Å². The van der Waals surface area contributed by atoms with E-state index in [4.69, 9.17) is 21.1 Å². The van der Waals surface area contributed by atoms with Gasteiger partial charge in [-0.1, -0.05) is 0 Å². The van der Waals surface area contributed by atoms with Crippen molar-refractivity contribution in [3.8, 4) is 0 Å². The Kier molecular flexibility index (Phi) is 8.42. The fraction of sp³-hybridized carbons (Fsp3) is 0.700. The van der Waals surface area contributed by atoms with E-state index >= 15 is 0 Å². The van der Waals surface area contributed by atoms with Gasteiger partial charge in [-0.05, 0) is 0 Å². The van der Waals surface area contributed by atoms with Crippen LogP contribution < -0.4 is 5.73 Å². The van der Waals surface area contributed by atoms with Crippen molar-refractivity contribution in [3.63, 3.8) is 0 Å². The molecule has 0 rings (SSSR count). The Bertz CT molecular complexity index is 306. The average Bonchev–Trinajstić information content (AvgIpc) is 2.23. The molecule has 0 fully saturated rings. The second-order valence-corrected chi connectivity index (χ2v) is 3.96. The van der Waals surface area contributed by atoms with E-state index in [0.717, 1.165) is 0 Å². The molecule has 0 bridgehead atoms. The molecule has 0 atom stereocenters. The Morgan fingerprint density at radius 2 is 1.32 bits per heavy atom. The molecular formula is C10H19N3O6. The molecule has 1 amide bonds. The van der Waals surface area contributed by atoms with Crippen molar-refractivity contribution in [2.45, 2.75) is 0 Å². The van der Waals surface area contributed by atoms with Crippen LogP contribution in [0.3, 0.4) is 0 Å². The van der Waals surface area contributed by atoms with Gasteiger partial charge in [-0.15, -0.1) is 0 Å². The number of rotatable bonds is 11. The maximum absolute atomic E-state index is 10.8. The number of primary amides is 1. The monoisotopic (exact) mass is 277 g/mol. The Balaban J connectivity index is 4.34. The van der Waals surface area contributed by atoms with Crippen LogP contribution in [0.5, 0.6) is 0 Å². The number of aliphatic carboxylic acids is 2. The van der Waals surface area contributed by atoms with Gasteiger partial charge in [0.25, 0.3) is 0 Å². The van der Waals surface area contributed by atoms with Gasteiger partial charge in [0.2, 0.25) is 5.91 Å². The van der Waals surface area contributed by atoms with Gasteiger partial charge in [0, 0.05) is 19.6 Å². The zero-order valence-electron chi connectivity index (χ0n) is 10.5. The molecule has 0 saturated heterocycles. The van der Waals surface area contributed by atoms with Crippen LogP contribution in [0.15, 0.2) is 0 Å². The highest BCUT2D eigenvalue weighted by molar-refractivity contribution is 5.77. The van der Waals surface area contributed by atoms with E-state index in [2.05, 4.69) is 0 Å².